The largest absolute Gasteiger partial charge is 0.267 e. The first kappa shape index (κ1) is 14.4. The number of rotatable bonds is 2. The third kappa shape index (κ3) is 2.30. The molecule has 1 atom stereocenters. The van der Waals surface area contributed by atoms with Gasteiger partial charge in [0.25, 0.3) is 10.0 Å². The van der Waals surface area contributed by atoms with Crippen LogP contribution < -0.4 is 4.31 Å². The molecule has 0 amide bonds. The molecule has 6 heteroatoms. The molecule has 21 heavy (non-hydrogen) atoms. The van der Waals surface area contributed by atoms with Crippen LogP contribution in [0.25, 0.3) is 0 Å². The zero-order valence-electron chi connectivity index (χ0n) is 11.3. The molecule has 0 saturated heterocycles. The van der Waals surface area contributed by atoms with E-state index in [4.69, 9.17) is 11.6 Å². The van der Waals surface area contributed by atoms with Gasteiger partial charge in [0.15, 0.2) is 0 Å². The fraction of sp³-hybridized carbons (Fsp3) is 0.200. The van der Waals surface area contributed by atoms with Gasteiger partial charge < -0.3 is 0 Å². The summed E-state index contributed by atoms with van der Waals surface area (Å²) in [6.07, 6.45) is 0. The molecule has 0 aliphatic carbocycles. The van der Waals surface area contributed by atoms with Crippen molar-refractivity contribution in [2.75, 3.05) is 10.8 Å². The number of fused-ring (bicyclic) bond motifs is 1. The van der Waals surface area contributed by atoms with Crippen LogP contribution in [0.4, 0.5) is 10.1 Å². The quantitative estimate of drug-likeness (QED) is 0.842. The van der Waals surface area contributed by atoms with E-state index in [2.05, 4.69) is 0 Å². The van der Waals surface area contributed by atoms with Gasteiger partial charge in [-0.15, -0.1) is 0 Å². The zero-order valence-corrected chi connectivity index (χ0v) is 12.8. The van der Waals surface area contributed by atoms with E-state index in [1.165, 1.54) is 16.4 Å². The minimum Gasteiger partial charge on any atom is -0.265 e. The summed E-state index contributed by atoms with van der Waals surface area (Å²) >= 11 is 5.68. The van der Waals surface area contributed by atoms with Gasteiger partial charge in [-0.2, -0.15) is 0 Å². The van der Waals surface area contributed by atoms with Crippen molar-refractivity contribution in [3.63, 3.8) is 0 Å². The van der Waals surface area contributed by atoms with Gasteiger partial charge in [-0.1, -0.05) is 36.7 Å². The maximum absolute atomic E-state index is 14.0. The van der Waals surface area contributed by atoms with Crippen molar-refractivity contribution in [3.8, 4) is 0 Å². The van der Waals surface area contributed by atoms with E-state index < -0.39 is 15.8 Å². The minimum atomic E-state index is -3.93. The monoisotopic (exact) mass is 325 g/mol. The summed E-state index contributed by atoms with van der Waals surface area (Å²) in [6, 6.07) is 10.9. The first-order valence-electron chi connectivity index (χ1n) is 6.48. The van der Waals surface area contributed by atoms with Crippen LogP contribution in [0.3, 0.4) is 0 Å². The van der Waals surface area contributed by atoms with Gasteiger partial charge in [-0.3, -0.25) is 4.31 Å². The highest BCUT2D eigenvalue weighted by molar-refractivity contribution is 7.92. The van der Waals surface area contributed by atoms with Crippen molar-refractivity contribution in [2.45, 2.75) is 17.7 Å². The lowest BCUT2D eigenvalue weighted by molar-refractivity contribution is 0.563. The second-order valence-corrected chi connectivity index (χ2v) is 7.34. The van der Waals surface area contributed by atoms with Crippen LogP contribution in [-0.2, 0) is 10.0 Å². The molecule has 1 heterocycles. The fourth-order valence-electron chi connectivity index (χ4n) is 2.61. The van der Waals surface area contributed by atoms with Crippen LogP contribution in [-0.4, -0.2) is 15.0 Å². The molecule has 0 aromatic heterocycles. The summed E-state index contributed by atoms with van der Waals surface area (Å²) in [6.45, 7) is 2.26. The number of hydrogen-bond donors (Lipinski definition) is 0. The molecule has 0 spiro atoms. The predicted molar refractivity (Wildman–Crippen MR) is 80.8 cm³/mol. The minimum absolute atomic E-state index is 0.0753. The van der Waals surface area contributed by atoms with Gasteiger partial charge >= 0.3 is 0 Å². The van der Waals surface area contributed by atoms with E-state index in [1.54, 1.807) is 12.1 Å². The van der Waals surface area contributed by atoms with Crippen molar-refractivity contribution in [1.29, 1.82) is 0 Å². The van der Waals surface area contributed by atoms with E-state index in [1.807, 2.05) is 19.1 Å². The number of anilines is 1. The fourth-order valence-corrected chi connectivity index (χ4v) is 4.39. The van der Waals surface area contributed by atoms with Crippen molar-refractivity contribution in [3.05, 3.63) is 58.9 Å². The van der Waals surface area contributed by atoms with E-state index in [-0.39, 0.29) is 15.8 Å². The highest BCUT2D eigenvalue weighted by Crippen LogP contribution is 2.39. The molecule has 0 saturated carbocycles. The summed E-state index contributed by atoms with van der Waals surface area (Å²) in [4.78, 5) is -0.351. The molecule has 1 aliphatic heterocycles. The zero-order chi connectivity index (χ0) is 15.2. The van der Waals surface area contributed by atoms with Crippen molar-refractivity contribution >= 4 is 27.3 Å². The summed E-state index contributed by atoms with van der Waals surface area (Å²) in [5.41, 5.74) is 1.56. The molecule has 3 nitrogen and oxygen atoms in total. The number of benzene rings is 2. The van der Waals surface area contributed by atoms with E-state index in [9.17, 15) is 12.8 Å². The normalized spacial score (nSPS) is 17.9. The maximum atomic E-state index is 14.0. The highest BCUT2D eigenvalue weighted by atomic mass is 35.5. The van der Waals surface area contributed by atoms with Gasteiger partial charge in [0.1, 0.15) is 10.7 Å². The first-order valence-corrected chi connectivity index (χ1v) is 8.30. The Morgan fingerprint density at radius 1 is 1.24 bits per heavy atom. The smallest absolute Gasteiger partial charge is 0.265 e. The Labute approximate surface area is 128 Å². The summed E-state index contributed by atoms with van der Waals surface area (Å²) in [7, 11) is -3.93. The Morgan fingerprint density at radius 3 is 2.67 bits per heavy atom. The van der Waals surface area contributed by atoms with Gasteiger partial charge in [0.2, 0.25) is 0 Å². The third-order valence-corrected chi connectivity index (χ3v) is 5.69. The van der Waals surface area contributed by atoms with Gasteiger partial charge in [0.05, 0.1) is 5.69 Å². The van der Waals surface area contributed by atoms with Gasteiger partial charge in [0, 0.05) is 17.5 Å². The molecule has 2 aromatic carbocycles. The summed E-state index contributed by atoms with van der Waals surface area (Å²) < 4.78 is 40.7. The van der Waals surface area contributed by atoms with Gasteiger partial charge in [-0.25, -0.2) is 12.8 Å². The standard InChI is InChI=1S/C15H13ClFNO2S/c1-10-9-18(14-5-3-2-4-12(10)14)21(19,20)15-7-6-11(16)8-13(15)17/h2-8,10H,9H2,1H3. The lowest BCUT2D eigenvalue weighted by Crippen LogP contribution is -2.30. The average molecular weight is 326 g/mol. The van der Waals surface area contributed by atoms with Crippen LogP contribution in [0.15, 0.2) is 47.4 Å². The van der Waals surface area contributed by atoms with E-state index >= 15 is 0 Å². The molecule has 110 valence electrons. The molecule has 0 radical (unpaired) electrons. The highest BCUT2D eigenvalue weighted by Gasteiger charge is 2.35. The molecule has 0 N–H and O–H groups in total. The summed E-state index contributed by atoms with van der Waals surface area (Å²) in [5.74, 6) is -0.758. The number of para-hydroxylation sites is 1. The number of sulfonamides is 1. The molecule has 3 rings (SSSR count). The second-order valence-electron chi connectivity index (χ2n) is 5.07. The maximum Gasteiger partial charge on any atom is 0.267 e. The first-order chi connectivity index (χ1) is 9.91. The predicted octanol–water partition coefficient (Wildman–Crippen LogP) is 3.79. The summed E-state index contributed by atoms with van der Waals surface area (Å²) in [5, 5.41) is 0.168. The number of hydrogen-bond acceptors (Lipinski definition) is 2. The lowest BCUT2D eigenvalue weighted by Gasteiger charge is -2.20. The molecule has 1 unspecified atom stereocenters. The Morgan fingerprint density at radius 2 is 1.95 bits per heavy atom. The molecule has 0 bridgehead atoms. The molecule has 0 fully saturated rings. The number of nitrogens with zero attached hydrogens (tertiary/aromatic N) is 1. The van der Waals surface area contributed by atoms with E-state index in [0.717, 1.165) is 11.6 Å². The van der Waals surface area contributed by atoms with Crippen LogP contribution >= 0.6 is 11.6 Å². The molecular formula is C15H13ClFNO2S. The van der Waals surface area contributed by atoms with Crippen LogP contribution in [0.2, 0.25) is 5.02 Å². The van der Waals surface area contributed by atoms with Crippen molar-refractivity contribution in [2.24, 2.45) is 0 Å². The molecule has 2 aromatic rings. The molecule has 1 aliphatic rings. The van der Waals surface area contributed by atoms with Crippen LogP contribution in [0.1, 0.15) is 18.4 Å². The van der Waals surface area contributed by atoms with Crippen molar-refractivity contribution in [1.82, 2.24) is 0 Å². The number of halogens is 2. The van der Waals surface area contributed by atoms with Crippen LogP contribution in [0.5, 0.6) is 0 Å². The average Bonchev–Trinajstić information content (AvgIpc) is 2.77. The van der Waals surface area contributed by atoms with Crippen LogP contribution in [0, 0.1) is 5.82 Å². The second kappa shape index (κ2) is 5.00. The van der Waals surface area contributed by atoms with E-state index in [0.29, 0.717) is 12.2 Å². The third-order valence-electron chi connectivity index (χ3n) is 3.64. The Balaban J connectivity index is 2.12. The SMILES string of the molecule is CC1CN(S(=O)(=O)c2ccc(Cl)cc2F)c2ccccc21. The Kier molecular flexibility index (Phi) is 3.42. The topological polar surface area (TPSA) is 37.4 Å². The Hall–Kier alpha value is -1.59. The Bertz CT molecular complexity index is 807. The molecular weight excluding hydrogens is 313 g/mol. The van der Waals surface area contributed by atoms with Crippen molar-refractivity contribution < 1.29 is 12.8 Å². The van der Waals surface area contributed by atoms with Gasteiger partial charge in [-0.05, 0) is 29.8 Å². The lowest BCUT2D eigenvalue weighted by atomic mass is 10.0.